The molecule has 1 aliphatic rings. The molecule has 0 radical (unpaired) electrons. The van der Waals surface area contributed by atoms with Crippen LogP contribution in [0.15, 0.2) is 29.0 Å². The van der Waals surface area contributed by atoms with Crippen molar-refractivity contribution in [3.05, 3.63) is 41.8 Å². The lowest BCUT2D eigenvalue weighted by Gasteiger charge is -2.20. The molecular formula is C12H14N4O2. The fraction of sp³-hybridized carbons (Fsp3) is 0.417. The maximum absolute atomic E-state index is 5.37. The summed E-state index contributed by atoms with van der Waals surface area (Å²) in [7, 11) is 0. The summed E-state index contributed by atoms with van der Waals surface area (Å²) in [6.45, 7) is 2.14. The van der Waals surface area contributed by atoms with Gasteiger partial charge in [0.1, 0.15) is 0 Å². The SMILES string of the molecule is c1cncc(Cc2nc(C3COCCN3)no2)c1. The molecule has 0 aromatic carbocycles. The van der Waals surface area contributed by atoms with Gasteiger partial charge in [-0.15, -0.1) is 0 Å². The molecule has 0 spiro atoms. The first-order chi connectivity index (χ1) is 8.92. The molecule has 1 saturated heterocycles. The number of hydrogen-bond donors (Lipinski definition) is 1. The van der Waals surface area contributed by atoms with Crippen LogP contribution in [-0.4, -0.2) is 34.9 Å². The Balaban J connectivity index is 1.69. The van der Waals surface area contributed by atoms with Crippen LogP contribution >= 0.6 is 0 Å². The van der Waals surface area contributed by atoms with Crippen molar-refractivity contribution in [3.8, 4) is 0 Å². The normalized spacial score (nSPS) is 19.9. The van der Waals surface area contributed by atoms with Crippen LogP contribution in [0.5, 0.6) is 0 Å². The van der Waals surface area contributed by atoms with Gasteiger partial charge >= 0.3 is 0 Å². The molecule has 1 N–H and O–H groups in total. The van der Waals surface area contributed by atoms with Crippen molar-refractivity contribution in [1.82, 2.24) is 20.4 Å². The average Bonchev–Trinajstić information content (AvgIpc) is 2.89. The van der Waals surface area contributed by atoms with Gasteiger partial charge < -0.3 is 14.6 Å². The van der Waals surface area contributed by atoms with Gasteiger partial charge in [0.2, 0.25) is 5.89 Å². The third-order valence-corrected chi connectivity index (χ3v) is 2.80. The Morgan fingerprint density at radius 3 is 3.22 bits per heavy atom. The molecule has 1 atom stereocenters. The summed E-state index contributed by atoms with van der Waals surface area (Å²) in [5, 5.41) is 7.28. The van der Waals surface area contributed by atoms with E-state index in [2.05, 4.69) is 20.4 Å². The number of aromatic nitrogens is 3. The Kier molecular flexibility index (Phi) is 3.29. The van der Waals surface area contributed by atoms with Gasteiger partial charge in [0.25, 0.3) is 0 Å². The first kappa shape index (κ1) is 11.3. The van der Waals surface area contributed by atoms with E-state index in [1.165, 1.54) is 0 Å². The van der Waals surface area contributed by atoms with Crippen LogP contribution in [0.3, 0.4) is 0 Å². The molecule has 3 heterocycles. The van der Waals surface area contributed by atoms with Crippen LogP contribution in [0.25, 0.3) is 0 Å². The highest BCUT2D eigenvalue weighted by Crippen LogP contribution is 2.13. The summed E-state index contributed by atoms with van der Waals surface area (Å²) in [6.07, 6.45) is 4.15. The van der Waals surface area contributed by atoms with Crippen LogP contribution in [0.2, 0.25) is 0 Å². The van der Waals surface area contributed by atoms with E-state index < -0.39 is 0 Å². The average molecular weight is 246 g/mol. The van der Waals surface area contributed by atoms with E-state index in [0.717, 1.165) is 18.7 Å². The number of morpholine rings is 1. The van der Waals surface area contributed by atoms with Crippen LogP contribution < -0.4 is 5.32 Å². The van der Waals surface area contributed by atoms with Gasteiger partial charge in [-0.25, -0.2) is 0 Å². The number of ether oxygens (including phenoxy) is 1. The molecular weight excluding hydrogens is 232 g/mol. The predicted molar refractivity (Wildman–Crippen MR) is 62.9 cm³/mol. The number of hydrogen-bond acceptors (Lipinski definition) is 6. The molecule has 3 rings (SSSR count). The van der Waals surface area contributed by atoms with E-state index >= 15 is 0 Å². The lowest BCUT2D eigenvalue weighted by atomic mass is 10.2. The Hall–Kier alpha value is -1.79. The van der Waals surface area contributed by atoms with Gasteiger partial charge in [0.05, 0.1) is 25.7 Å². The second-order valence-corrected chi connectivity index (χ2v) is 4.17. The monoisotopic (exact) mass is 246 g/mol. The highest BCUT2D eigenvalue weighted by Gasteiger charge is 2.20. The van der Waals surface area contributed by atoms with E-state index in [0.29, 0.717) is 24.7 Å². The topological polar surface area (TPSA) is 73.1 Å². The second-order valence-electron chi connectivity index (χ2n) is 4.17. The molecule has 0 saturated carbocycles. The first-order valence-electron chi connectivity index (χ1n) is 5.94. The standard InChI is InChI=1S/C12H14N4O2/c1-2-9(7-13-3-1)6-11-15-12(16-18-11)10-8-17-5-4-14-10/h1-3,7,10,14H,4-6,8H2. The summed E-state index contributed by atoms with van der Waals surface area (Å²) in [6, 6.07) is 3.91. The smallest absolute Gasteiger partial charge is 0.231 e. The fourth-order valence-corrected chi connectivity index (χ4v) is 1.89. The third-order valence-electron chi connectivity index (χ3n) is 2.80. The van der Waals surface area contributed by atoms with Gasteiger partial charge in [0, 0.05) is 18.9 Å². The summed E-state index contributed by atoms with van der Waals surface area (Å²) in [5.74, 6) is 1.26. The highest BCUT2D eigenvalue weighted by molar-refractivity contribution is 5.13. The van der Waals surface area contributed by atoms with E-state index in [4.69, 9.17) is 9.26 Å². The van der Waals surface area contributed by atoms with Crippen molar-refractivity contribution >= 4 is 0 Å². The molecule has 6 nitrogen and oxygen atoms in total. The highest BCUT2D eigenvalue weighted by atomic mass is 16.5. The Morgan fingerprint density at radius 1 is 1.44 bits per heavy atom. The fourth-order valence-electron chi connectivity index (χ4n) is 1.89. The van der Waals surface area contributed by atoms with Crippen molar-refractivity contribution in [2.24, 2.45) is 0 Å². The quantitative estimate of drug-likeness (QED) is 0.860. The largest absolute Gasteiger partial charge is 0.378 e. The molecule has 1 aliphatic heterocycles. The molecule has 2 aromatic rings. The lowest BCUT2D eigenvalue weighted by molar-refractivity contribution is 0.0734. The van der Waals surface area contributed by atoms with Crippen molar-refractivity contribution in [2.45, 2.75) is 12.5 Å². The maximum Gasteiger partial charge on any atom is 0.231 e. The Bertz CT molecular complexity index is 494. The molecule has 0 bridgehead atoms. The van der Waals surface area contributed by atoms with Crippen LogP contribution in [0.1, 0.15) is 23.3 Å². The van der Waals surface area contributed by atoms with E-state index in [1.54, 1.807) is 12.4 Å². The molecule has 0 amide bonds. The molecule has 1 fully saturated rings. The van der Waals surface area contributed by atoms with Crippen LogP contribution in [-0.2, 0) is 11.2 Å². The summed E-state index contributed by atoms with van der Waals surface area (Å²) in [5.41, 5.74) is 1.06. The zero-order valence-electron chi connectivity index (χ0n) is 9.87. The maximum atomic E-state index is 5.37. The summed E-state index contributed by atoms with van der Waals surface area (Å²) in [4.78, 5) is 8.44. The molecule has 94 valence electrons. The van der Waals surface area contributed by atoms with E-state index in [9.17, 15) is 0 Å². The van der Waals surface area contributed by atoms with Gasteiger partial charge in [-0.2, -0.15) is 4.98 Å². The third kappa shape index (κ3) is 2.55. The van der Waals surface area contributed by atoms with Crippen LogP contribution in [0.4, 0.5) is 0 Å². The predicted octanol–water partition coefficient (Wildman–Crippen LogP) is 0.716. The first-order valence-corrected chi connectivity index (χ1v) is 5.94. The molecule has 6 heteroatoms. The van der Waals surface area contributed by atoms with Gasteiger partial charge in [-0.3, -0.25) is 4.98 Å². The minimum absolute atomic E-state index is 0.0325. The van der Waals surface area contributed by atoms with Gasteiger partial charge in [-0.1, -0.05) is 11.2 Å². The Morgan fingerprint density at radius 2 is 2.44 bits per heavy atom. The minimum atomic E-state index is 0.0325. The zero-order valence-corrected chi connectivity index (χ0v) is 9.87. The molecule has 18 heavy (non-hydrogen) atoms. The van der Waals surface area contributed by atoms with Gasteiger partial charge in [0.15, 0.2) is 5.82 Å². The minimum Gasteiger partial charge on any atom is -0.378 e. The van der Waals surface area contributed by atoms with Crippen molar-refractivity contribution in [2.75, 3.05) is 19.8 Å². The summed E-state index contributed by atoms with van der Waals surface area (Å²) < 4.78 is 10.6. The summed E-state index contributed by atoms with van der Waals surface area (Å²) >= 11 is 0. The molecule has 0 aliphatic carbocycles. The number of rotatable bonds is 3. The number of nitrogens with zero attached hydrogens (tertiary/aromatic N) is 3. The Labute approximate surface area is 104 Å². The zero-order chi connectivity index (χ0) is 12.2. The number of pyridine rings is 1. The second kappa shape index (κ2) is 5.24. The molecule has 1 unspecified atom stereocenters. The van der Waals surface area contributed by atoms with Crippen molar-refractivity contribution in [1.29, 1.82) is 0 Å². The van der Waals surface area contributed by atoms with Gasteiger partial charge in [-0.05, 0) is 11.6 Å². The van der Waals surface area contributed by atoms with Crippen LogP contribution in [0, 0.1) is 0 Å². The molecule has 2 aromatic heterocycles. The lowest BCUT2D eigenvalue weighted by Crippen LogP contribution is -2.35. The number of nitrogens with one attached hydrogen (secondary N) is 1. The van der Waals surface area contributed by atoms with Crippen molar-refractivity contribution in [3.63, 3.8) is 0 Å². The van der Waals surface area contributed by atoms with E-state index in [1.807, 2.05) is 12.1 Å². The van der Waals surface area contributed by atoms with Crippen molar-refractivity contribution < 1.29 is 9.26 Å². The van der Waals surface area contributed by atoms with E-state index in [-0.39, 0.29) is 6.04 Å².